The molecule has 0 aromatic rings. The van der Waals surface area contributed by atoms with E-state index in [0.29, 0.717) is 5.75 Å². The summed E-state index contributed by atoms with van der Waals surface area (Å²) in [4.78, 5) is 20.8. The van der Waals surface area contributed by atoms with Crippen LogP contribution in [0.4, 0.5) is 0 Å². The number of nitrogens with one attached hydrogen (secondary N) is 1. The predicted octanol–water partition coefficient (Wildman–Crippen LogP) is 0.659. The zero-order valence-corrected chi connectivity index (χ0v) is 8.81. The van der Waals surface area contributed by atoms with E-state index in [9.17, 15) is 9.59 Å². The summed E-state index contributed by atoms with van der Waals surface area (Å²) in [5, 5.41) is 10.8. The van der Waals surface area contributed by atoms with Crippen molar-refractivity contribution < 1.29 is 14.7 Å². The van der Waals surface area contributed by atoms with Gasteiger partial charge in [0.2, 0.25) is 5.91 Å². The molecule has 0 saturated heterocycles. The Kier molecular flexibility index (Phi) is 5.65. The fourth-order valence-electron chi connectivity index (χ4n) is 0.483. The van der Waals surface area contributed by atoms with Crippen molar-refractivity contribution in [2.24, 2.45) is 0 Å². The fraction of sp³-hybridized carbons (Fsp3) is 0.600. The van der Waals surface area contributed by atoms with Crippen LogP contribution in [0.1, 0.15) is 6.92 Å². The lowest BCUT2D eigenvalue weighted by Gasteiger charge is -2.09. The number of halogens is 1. The minimum atomic E-state index is -0.996. The maximum Gasteiger partial charge on any atom is 0.327 e. The van der Waals surface area contributed by atoms with E-state index in [4.69, 9.17) is 5.11 Å². The van der Waals surface area contributed by atoms with E-state index in [0.717, 1.165) is 0 Å². The molecule has 1 atom stereocenters. The number of hydrogen-bond donors (Lipinski definition) is 2. The third kappa shape index (κ3) is 5.31. The zero-order chi connectivity index (χ0) is 8.85. The molecule has 1 unspecified atom stereocenters. The number of carboxylic acids is 1. The van der Waals surface area contributed by atoms with Gasteiger partial charge in [-0.25, -0.2) is 4.79 Å². The van der Waals surface area contributed by atoms with Gasteiger partial charge in [0.1, 0.15) is 6.04 Å². The van der Waals surface area contributed by atoms with Crippen LogP contribution in [0.15, 0.2) is 0 Å². The van der Waals surface area contributed by atoms with Crippen LogP contribution >= 0.6 is 30.1 Å². The van der Waals surface area contributed by atoms with Crippen LogP contribution < -0.4 is 5.32 Å². The van der Waals surface area contributed by atoms with Gasteiger partial charge in [-0.1, -0.05) is 8.93 Å². The highest BCUT2D eigenvalue weighted by molar-refractivity contribution is 14.2. The Morgan fingerprint density at radius 2 is 2.27 bits per heavy atom. The van der Waals surface area contributed by atoms with Crippen molar-refractivity contribution in [1.29, 1.82) is 0 Å². The van der Waals surface area contributed by atoms with Crippen LogP contribution in [0.25, 0.3) is 0 Å². The van der Waals surface area contributed by atoms with Gasteiger partial charge >= 0.3 is 5.97 Å². The van der Waals surface area contributed by atoms with E-state index in [1.807, 2.05) is 21.2 Å². The number of hydrogen-bond acceptors (Lipinski definition) is 3. The second-order valence-electron chi connectivity index (χ2n) is 1.87. The first-order valence-corrected chi connectivity index (χ1v) is 6.34. The molecule has 0 bridgehead atoms. The highest BCUT2D eigenvalue weighted by Gasteiger charge is 2.16. The van der Waals surface area contributed by atoms with E-state index >= 15 is 0 Å². The topological polar surface area (TPSA) is 66.4 Å². The Morgan fingerprint density at radius 1 is 1.73 bits per heavy atom. The molecular weight excluding hydrogens is 281 g/mol. The van der Waals surface area contributed by atoms with E-state index < -0.39 is 12.0 Å². The molecule has 0 heterocycles. The average molecular weight is 289 g/mol. The van der Waals surface area contributed by atoms with Crippen molar-refractivity contribution in [2.75, 3.05) is 5.75 Å². The van der Waals surface area contributed by atoms with E-state index in [1.54, 1.807) is 0 Å². The molecule has 64 valence electrons. The Bertz CT molecular complexity index is 164. The fourth-order valence-corrected chi connectivity index (χ4v) is 1.91. The van der Waals surface area contributed by atoms with E-state index in [-0.39, 0.29) is 5.91 Å². The molecule has 11 heavy (non-hydrogen) atoms. The summed E-state index contributed by atoms with van der Waals surface area (Å²) >= 11 is 1.98. The first-order chi connectivity index (χ1) is 5.07. The van der Waals surface area contributed by atoms with Crippen LogP contribution in [0.2, 0.25) is 0 Å². The molecule has 4 nitrogen and oxygen atoms in total. The maximum absolute atomic E-state index is 10.4. The molecule has 0 radical (unpaired) electrons. The van der Waals surface area contributed by atoms with Gasteiger partial charge in [0.05, 0.1) is 0 Å². The monoisotopic (exact) mass is 289 g/mol. The second kappa shape index (κ2) is 5.64. The first-order valence-electron chi connectivity index (χ1n) is 2.81. The minimum absolute atomic E-state index is 0.317. The van der Waals surface area contributed by atoms with Crippen LogP contribution in [0.5, 0.6) is 0 Å². The number of carboxylic acid groups (broad SMARTS) is 1. The SMILES string of the molecule is CC(=O)NC(CSI)C(=O)O. The summed E-state index contributed by atoms with van der Waals surface area (Å²) < 4.78 is 0. The van der Waals surface area contributed by atoms with Gasteiger partial charge in [-0.15, -0.1) is 0 Å². The third-order valence-corrected chi connectivity index (χ3v) is 2.44. The molecule has 0 saturated carbocycles. The molecule has 0 fully saturated rings. The summed E-state index contributed by atoms with van der Waals surface area (Å²) in [6, 6.07) is -0.769. The Balaban J connectivity index is 3.89. The van der Waals surface area contributed by atoms with Crippen molar-refractivity contribution in [2.45, 2.75) is 13.0 Å². The summed E-state index contributed by atoms with van der Waals surface area (Å²) in [5.74, 6) is -0.928. The number of aliphatic carboxylic acids is 1. The van der Waals surface area contributed by atoms with Crippen LogP contribution in [0.3, 0.4) is 0 Å². The molecule has 0 aromatic heterocycles. The minimum Gasteiger partial charge on any atom is -0.480 e. The lowest BCUT2D eigenvalue weighted by molar-refractivity contribution is -0.140. The van der Waals surface area contributed by atoms with Gasteiger partial charge in [0.15, 0.2) is 0 Å². The summed E-state index contributed by atoms with van der Waals surface area (Å²) in [5.41, 5.74) is 0. The number of carbonyl (C=O) groups is 2. The molecule has 2 N–H and O–H groups in total. The van der Waals surface area contributed by atoms with Gasteiger partial charge in [0.25, 0.3) is 0 Å². The summed E-state index contributed by atoms with van der Waals surface area (Å²) in [7, 11) is 1.35. The number of rotatable bonds is 4. The largest absolute Gasteiger partial charge is 0.480 e. The quantitative estimate of drug-likeness (QED) is 0.746. The standard InChI is InChI=1S/C5H8INO3S/c1-3(8)7-4(2-11-6)5(9)10/h4H,2H2,1H3,(H,7,8)(H,9,10). The molecule has 1 amide bonds. The van der Waals surface area contributed by atoms with E-state index in [1.165, 1.54) is 15.9 Å². The van der Waals surface area contributed by atoms with Crippen LogP contribution in [-0.2, 0) is 9.59 Å². The summed E-state index contributed by atoms with van der Waals surface area (Å²) in [6.45, 7) is 1.30. The molecule has 0 aliphatic carbocycles. The average Bonchev–Trinajstić information content (AvgIpc) is 1.86. The zero-order valence-electron chi connectivity index (χ0n) is 5.83. The predicted molar refractivity (Wildman–Crippen MR) is 51.7 cm³/mol. The number of amides is 1. The molecule has 0 rings (SSSR count). The Hall–Kier alpha value is 0.0200. The number of carbonyl (C=O) groups excluding carboxylic acids is 1. The molecular formula is C5H8INO3S. The third-order valence-electron chi connectivity index (χ3n) is 0.905. The van der Waals surface area contributed by atoms with Gasteiger partial charge in [-0.2, -0.15) is 0 Å². The Morgan fingerprint density at radius 3 is 2.55 bits per heavy atom. The van der Waals surface area contributed by atoms with Gasteiger partial charge in [-0.3, -0.25) is 4.79 Å². The highest BCUT2D eigenvalue weighted by atomic mass is 127. The van der Waals surface area contributed by atoms with Gasteiger partial charge < -0.3 is 10.4 Å². The van der Waals surface area contributed by atoms with E-state index in [2.05, 4.69) is 5.32 Å². The maximum atomic E-state index is 10.4. The molecule has 0 aliphatic rings. The van der Waals surface area contributed by atoms with Crippen molar-refractivity contribution >= 4 is 42.0 Å². The highest BCUT2D eigenvalue weighted by Crippen LogP contribution is 2.12. The molecule has 6 heteroatoms. The normalized spacial score (nSPS) is 12.2. The molecule has 0 spiro atoms. The van der Waals surface area contributed by atoms with Crippen LogP contribution in [-0.4, -0.2) is 28.8 Å². The first kappa shape index (κ1) is 11.0. The molecule has 0 aliphatic heterocycles. The van der Waals surface area contributed by atoms with Crippen molar-refractivity contribution in [3.8, 4) is 0 Å². The second-order valence-corrected chi connectivity index (χ2v) is 4.29. The molecule has 0 aromatic carbocycles. The van der Waals surface area contributed by atoms with Crippen molar-refractivity contribution in [1.82, 2.24) is 5.32 Å². The Labute approximate surface area is 80.7 Å². The van der Waals surface area contributed by atoms with Crippen molar-refractivity contribution in [3.63, 3.8) is 0 Å². The lowest BCUT2D eigenvalue weighted by atomic mass is 10.3. The lowest BCUT2D eigenvalue weighted by Crippen LogP contribution is -2.41. The van der Waals surface area contributed by atoms with Gasteiger partial charge in [-0.05, 0) is 21.2 Å². The summed E-state index contributed by atoms with van der Waals surface area (Å²) in [6.07, 6.45) is 0. The van der Waals surface area contributed by atoms with Crippen molar-refractivity contribution in [3.05, 3.63) is 0 Å². The van der Waals surface area contributed by atoms with Gasteiger partial charge in [0, 0.05) is 12.7 Å². The smallest absolute Gasteiger partial charge is 0.327 e. The van der Waals surface area contributed by atoms with Crippen LogP contribution in [0, 0.1) is 0 Å².